The predicted octanol–water partition coefficient (Wildman–Crippen LogP) is 3.35. The van der Waals surface area contributed by atoms with Gasteiger partial charge in [0.05, 0.1) is 6.04 Å². The van der Waals surface area contributed by atoms with E-state index in [2.05, 4.69) is 0 Å². The van der Waals surface area contributed by atoms with Gasteiger partial charge in [-0.15, -0.1) is 0 Å². The molecular weight excluding hydrogens is 356 g/mol. The second kappa shape index (κ2) is 8.69. The molecule has 0 aromatic heterocycles. The van der Waals surface area contributed by atoms with Gasteiger partial charge >= 0.3 is 6.09 Å². The Hall–Kier alpha value is -3.15. The third-order valence-electron chi connectivity index (χ3n) is 5.14. The fourth-order valence-corrected chi connectivity index (χ4v) is 3.59. The zero-order valence-electron chi connectivity index (χ0n) is 15.9. The van der Waals surface area contributed by atoms with Gasteiger partial charge in [-0.25, -0.2) is 4.79 Å². The summed E-state index contributed by atoms with van der Waals surface area (Å²) in [5.74, 6) is -0.175. The van der Waals surface area contributed by atoms with Crippen LogP contribution in [-0.2, 0) is 11.3 Å². The second-order valence-corrected chi connectivity index (χ2v) is 7.01. The van der Waals surface area contributed by atoms with E-state index in [1.165, 1.54) is 9.80 Å². The number of carboxylic acid groups (broad SMARTS) is 1. The molecule has 2 aromatic rings. The van der Waals surface area contributed by atoms with Crippen molar-refractivity contribution in [3.8, 4) is 0 Å². The normalized spacial score (nSPS) is 16.2. The van der Waals surface area contributed by atoms with Crippen LogP contribution < -0.4 is 0 Å². The van der Waals surface area contributed by atoms with Gasteiger partial charge in [-0.3, -0.25) is 9.59 Å². The van der Waals surface area contributed by atoms with Crippen LogP contribution in [0.5, 0.6) is 0 Å². The summed E-state index contributed by atoms with van der Waals surface area (Å²) in [6.45, 7) is 2.49. The number of Topliss-reactive ketones (excluding diaryl/α,β-unsaturated/α-hetero) is 1. The van der Waals surface area contributed by atoms with Gasteiger partial charge in [-0.2, -0.15) is 0 Å². The van der Waals surface area contributed by atoms with E-state index in [1.807, 2.05) is 55.5 Å². The van der Waals surface area contributed by atoms with E-state index in [-0.39, 0.29) is 31.3 Å². The Balaban J connectivity index is 1.70. The van der Waals surface area contributed by atoms with E-state index in [0.29, 0.717) is 18.4 Å². The maximum atomic E-state index is 13.0. The summed E-state index contributed by atoms with van der Waals surface area (Å²) in [5.41, 5.74) is 2.37. The molecule has 0 bridgehead atoms. The molecule has 146 valence electrons. The number of hydrogen-bond acceptors (Lipinski definition) is 3. The number of carbonyl (C=O) groups is 3. The number of carbonyl (C=O) groups excluding carboxylic acids is 2. The van der Waals surface area contributed by atoms with Crippen LogP contribution in [-0.4, -0.2) is 51.8 Å². The van der Waals surface area contributed by atoms with Crippen LogP contribution in [0.2, 0.25) is 0 Å². The lowest BCUT2D eigenvalue weighted by atomic mass is 9.98. The largest absolute Gasteiger partial charge is 0.465 e. The van der Waals surface area contributed by atoms with Crippen molar-refractivity contribution < 1.29 is 19.5 Å². The van der Waals surface area contributed by atoms with Crippen molar-refractivity contribution >= 4 is 17.8 Å². The topological polar surface area (TPSA) is 77.9 Å². The molecule has 0 radical (unpaired) electrons. The fraction of sp³-hybridized carbons (Fsp3) is 0.318. The van der Waals surface area contributed by atoms with Crippen molar-refractivity contribution in [1.29, 1.82) is 0 Å². The van der Waals surface area contributed by atoms with Crippen molar-refractivity contribution in [3.63, 3.8) is 0 Å². The van der Waals surface area contributed by atoms with E-state index in [4.69, 9.17) is 0 Å². The van der Waals surface area contributed by atoms with Crippen molar-refractivity contribution in [1.82, 2.24) is 9.80 Å². The Morgan fingerprint density at radius 3 is 2.46 bits per heavy atom. The average molecular weight is 380 g/mol. The molecule has 1 N–H and O–H groups in total. The van der Waals surface area contributed by atoms with Crippen LogP contribution >= 0.6 is 0 Å². The lowest BCUT2D eigenvalue weighted by Crippen LogP contribution is -2.44. The number of rotatable bonds is 7. The number of benzene rings is 2. The van der Waals surface area contributed by atoms with Gasteiger partial charge in [0.25, 0.3) is 0 Å². The molecule has 1 atom stereocenters. The summed E-state index contributed by atoms with van der Waals surface area (Å²) < 4.78 is 0. The van der Waals surface area contributed by atoms with Gasteiger partial charge in [0.1, 0.15) is 0 Å². The molecule has 0 aliphatic carbocycles. The van der Waals surface area contributed by atoms with Crippen LogP contribution in [0.15, 0.2) is 54.6 Å². The maximum Gasteiger partial charge on any atom is 0.407 e. The van der Waals surface area contributed by atoms with Crippen LogP contribution in [0, 0.1) is 6.92 Å². The van der Waals surface area contributed by atoms with E-state index in [9.17, 15) is 19.5 Å². The summed E-state index contributed by atoms with van der Waals surface area (Å²) >= 11 is 0. The minimum absolute atomic E-state index is 0.0751. The third-order valence-corrected chi connectivity index (χ3v) is 5.14. The number of nitrogens with zero attached hydrogens (tertiary/aromatic N) is 2. The molecule has 28 heavy (non-hydrogen) atoms. The molecule has 1 aliphatic heterocycles. The standard InChI is InChI=1S/C22H24N2O4/c1-16-7-5-6-10-18(16)21(26)19-11-12-20(25)24(19)14-13-23(22(27)28)15-17-8-3-2-4-9-17/h2-10,19H,11-15H2,1H3,(H,27,28). The van der Waals surface area contributed by atoms with E-state index in [0.717, 1.165) is 11.1 Å². The van der Waals surface area contributed by atoms with Crippen molar-refractivity contribution in [2.24, 2.45) is 0 Å². The summed E-state index contributed by atoms with van der Waals surface area (Å²) in [6.07, 6.45) is -0.261. The highest BCUT2D eigenvalue weighted by Crippen LogP contribution is 2.24. The number of ketones is 1. The molecule has 1 aliphatic rings. The van der Waals surface area contributed by atoms with Gasteiger partial charge in [0.2, 0.25) is 5.91 Å². The molecule has 6 nitrogen and oxygen atoms in total. The summed E-state index contributed by atoms with van der Waals surface area (Å²) in [7, 11) is 0. The Morgan fingerprint density at radius 1 is 1.11 bits per heavy atom. The molecule has 1 saturated heterocycles. The molecule has 1 heterocycles. The number of amides is 2. The summed E-state index contributed by atoms with van der Waals surface area (Å²) in [4.78, 5) is 39.8. The number of aryl methyl sites for hydroxylation is 1. The van der Waals surface area contributed by atoms with Crippen LogP contribution in [0.25, 0.3) is 0 Å². The zero-order valence-corrected chi connectivity index (χ0v) is 15.9. The minimum Gasteiger partial charge on any atom is -0.465 e. The molecule has 1 fully saturated rings. The number of hydrogen-bond donors (Lipinski definition) is 1. The zero-order chi connectivity index (χ0) is 20.1. The lowest BCUT2D eigenvalue weighted by Gasteiger charge is -2.27. The highest BCUT2D eigenvalue weighted by atomic mass is 16.4. The maximum absolute atomic E-state index is 13.0. The van der Waals surface area contributed by atoms with Crippen LogP contribution in [0.4, 0.5) is 4.79 Å². The quantitative estimate of drug-likeness (QED) is 0.747. The fourth-order valence-electron chi connectivity index (χ4n) is 3.59. The van der Waals surface area contributed by atoms with Gasteiger partial charge in [-0.1, -0.05) is 54.6 Å². The van der Waals surface area contributed by atoms with E-state index < -0.39 is 12.1 Å². The van der Waals surface area contributed by atoms with Crippen LogP contribution in [0.3, 0.4) is 0 Å². The molecule has 2 aromatic carbocycles. The van der Waals surface area contributed by atoms with Gasteiger partial charge < -0.3 is 14.9 Å². The van der Waals surface area contributed by atoms with Gasteiger partial charge in [0, 0.05) is 31.6 Å². The molecule has 0 saturated carbocycles. The van der Waals surface area contributed by atoms with E-state index in [1.54, 1.807) is 6.07 Å². The molecule has 0 spiro atoms. The minimum atomic E-state index is -1.04. The smallest absolute Gasteiger partial charge is 0.407 e. The van der Waals surface area contributed by atoms with Gasteiger partial charge in [-0.05, 0) is 24.5 Å². The molecular formula is C22H24N2O4. The first kappa shape index (κ1) is 19.6. The Morgan fingerprint density at radius 2 is 1.79 bits per heavy atom. The van der Waals surface area contributed by atoms with Crippen molar-refractivity contribution in [2.45, 2.75) is 32.4 Å². The lowest BCUT2D eigenvalue weighted by molar-refractivity contribution is -0.128. The Kier molecular flexibility index (Phi) is 6.09. The molecule has 3 rings (SSSR count). The monoisotopic (exact) mass is 380 g/mol. The van der Waals surface area contributed by atoms with E-state index >= 15 is 0 Å². The van der Waals surface area contributed by atoms with Gasteiger partial charge in [0.15, 0.2) is 5.78 Å². The highest BCUT2D eigenvalue weighted by molar-refractivity contribution is 6.04. The second-order valence-electron chi connectivity index (χ2n) is 7.01. The predicted molar refractivity (Wildman–Crippen MR) is 105 cm³/mol. The third kappa shape index (κ3) is 4.39. The number of likely N-dealkylation sites (tertiary alicyclic amines) is 1. The SMILES string of the molecule is Cc1ccccc1C(=O)C1CCC(=O)N1CCN(Cc1ccccc1)C(=O)O. The molecule has 2 amide bonds. The highest BCUT2D eigenvalue weighted by Gasteiger charge is 2.36. The summed E-state index contributed by atoms with van der Waals surface area (Å²) in [5, 5.41) is 9.52. The van der Waals surface area contributed by atoms with Crippen LogP contribution in [0.1, 0.15) is 34.3 Å². The molecule has 6 heteroatoms. The Bertz CT molecular complexity index is 866. The molecule has 1 unspecified atom stereocenters. The van der Waals surface area contributed by atoms with Crippen molar-refractivity contribution in [2.75, 3.05) is 13.1 Å². The first-order chi connectivity index (χ1) is 13.5. The Labute approximate surface area is 164 Å². The average Bonchev–Trinajstić information content (AvgIpc) is 3.06. The first-order valence-corrected chi connectivity index (χ1v) is 9.38. The summed E-state index contributed by atoms with van der Waals surface area (Å²) in [6, 6.07) is 16.1. The van der Waals surface area contributed by atoms with Crippen molar-refractivity contribution in [3.05, 3.63) is 71.3 Å². The first-order valence-electron chi connectivity index (χ1n) is 9.38.